The van der Waals surface area contributed by atoms with E-state index in [4.69, 9.17) is 0 Å². The Hall–Kier alpha value is -3.17. The molecule has 10 heteroatoms. The Morgan fingerprint density at radius 1 is 1.13 bits per heavy atom. The van der Waals surface area contributed by atoms with Crippen molar-refractivity contribution in [2.45, 2.75) is 6.18 Å². The molecular weight excluding hydrogens is 319 g/mol. The molecule has 0 bridgehead atoms. The van der Waals surface area contributed by atoms with Crippen molar-refractivity contribution in [2.24, 2.45) is 0 Å². The maximum absolute atomic E-state index is 12.4. The summed E-state index contributed by atoms with van der Waals surface area (Å²) in [5, 5.41) is 4.97. The first-order chi connectivity index (χ1) is 10.8. The molecule has 2 aromatic rings. The second-order valence-corrected chi connectivity index (χ2v) is 4.49. The fourth-order valence-electron chi connectivity index (χ4n) is 1.95. The number of carbonyl (C=O) groups is 3. The molecule has 0 radical (unpaired) electrons. The zero-order chi connectivity index (χ0) is 16.8. The van der Waals surface area contributed by atoms with Crippen molar-refractivity contribution in [3.8, 4) is 0 Å². The molecule has 1 N–H and O–H groups in total. The Morgan fingerprint density at radius 2 is 1.70 bits per heavy atom. The van der Waals surface area contributed by atoms with Crippen molar-refractivity contribution >= 4 is 17.8 Å². The molecular formula is C13H6F3N3O4. The number of aromatic amines is 1. The van der Waals surface area contributed by atoms with Crippen LogP contribution >= 0.6 is 0 Å². The lowest BCUT2D eigenvalue weighted by Crippen LogP contribution is -2.32. The largest absolute Gasteiger partial charge is 0.432 e. The summed E-state index contributed by atoms with van der Waals surface area (Å²) < 4.78 is 37.3. The molecule has 118 valence electrons. The minimum absolute atomic E-state index is 0.0308. The van der Waals surface area contributed by atoms with E-state index in [0.29, 0.717) is 6.07 Å². The van der Waals surface area contributed by atoms with E-state index < -0.39 is 35.3 Å². The van der Waals surface area contributed by atoms with E-state index >= 15 is 0 Å². The van der Waals surface area contributed by atoms with Crippen LogP contribution in [0.3, 0.4) is 0 Å². The molecule has 0 saturated carbocycles. The number of nitrogens with zero attached hydrogens (tertiary/aromatic N) is 2. The summed E-state index contributed by atoms with van der Waals surface area (Å²) in [5.41, 5.74) is -1.91. The molecule has 7 nitrogen and oxygen atoms in total. The average molecular weight is 325 g/mol. The standard InChI is InChI=1S/C13H6F3N3O4/c14-13(15,16)9-5-8(17-18-9)12(22)23-19-10(20)6-3-1-2-4-7(6)11(19)21/h1-5H,(H,17,18). The summed E-state index contributed by atoms with van der Waals surface area (Å²) in [6.45, 7) is 0. The van der Waals surface area contributed by atoms with Gasteiger partial charge in [0, 0.05) is 6.07 Å². The number of nitrogens with one attached hydrogen (secondary N) is 1. The molecule has 1 aliphatic rings. The van der Waals surface area contributed by atoms with E-state index in [1.165, 1.54) is 24.3 Å². The number of imide groups is 1. The van der Waals surface area contributed by atoms with Crippen molar-refractivity contribution in [2.75, 3.05) is 0 Å². The van der Waals surface area contributed by atoms with Crippen LogP contribution in [0.2, 0.25) is 0 Å². The number of H-pyrrole nitrogens is 1. The van der Waals surface area contributed by atoms with Gasteiger partial charge in [-0.2, -0.15) is 18.3 Å². The second kappa shape index (κ2) is 4.93. The van der Waals surface area contributed by atoms with Gasteiger partial charge in [-0.25, -0.2) is 4.79 Å². The lowest BCUT2D eigenvalue weighted by molar-refractivity contribution is -0.141. The van der Waals surface area contributed by atoms with Crippen LogP contribution in [-0.4, -0.2) is 33.0 Å². The predicted molar refractivity (Wildman–Crippen MR) is 65.9 cm³/mol. The van der Waals surface area contributed by atoms with Gasteiger partial charge in [0.15, 0.2) is 5.69 Å². The molecule has 0 aliphatic carbocycles. The molecule has 23 heavy (non-hydrogen) atoms. The Bertz CT molecular complexity index is 793. The topological polar surface area (TPSA) is 92.4 Å². The predicted octanol–water partition coefficient (Wildman–Crippen LogP) is 1.80. The molecule has 0 spiro atoms. The quantitative estimate of drug-likeness (QED) is 0.850. The van der Waals surface area contributed by atoms with Gasteiger partial charge in [0.25, 0.3) is 11.8 Å². The summed E-state index contributed by atoms with van der Waals surface area (Å²) in [6.07, 6.45) is -4.72. The molecule has 3 rings (SSSR count). The number of fused-ring (bicyclic) bond motifs is 1. The molecule has 0 saturated heterocycles. The average Bonchev–Trinajstić information content (AvgIpc) is 3.08. The number of benzene rings is 1. The molecule has 0 unspecified atom stereocenters. The number of hydroxylamine groups is 2. The summed E-state index contributed by atoms with van der Waals surface area (Å²) in [4.78, 5) is 40.3. The third kappa shape index (κ3) is 2.43. The van der Waals surface area contributed by atoms with Gasteiger partial charge in [0.1, 0.15) is 5.69 Å². The summed E-state index contributed by atoms with van der Waals surface area (Å²) in [7, 11) is 0. The first-order valence-electron chi connectivity index (χ1n) is 6.12. The number of rotatable bonds is 2. The first kappa shape index (κ1) is 14.8. The SMILES string of the molecule is O=C(ON1C(=O)c2ccccc2C1=O)c1cc(C(F)(F)F)[nH]n1. The lowest BCUT2D eigenvalue weighted by atomic mass is 10.1. The summed E-state index contributed by atoms with van der Waals surface area (Å²) in [6, 6.07) is 6.16. The van der Waals surface area contributed by atoms with E-state index in [-0.39, 0.29) is 16.2 Å². The zero-order valence-electron chi connectivity index (χ0n) is 11.0. The smallest absolute Gasteiger partial charge is 0.322 e. The molecule has 0 fully saturated rings. The number of hydrogen-bond donors (Lipinski definition) is 1. The van der Waals surface area contributed by atoms with Gasteiger partial charge in [0.05, 0.1) is 11.1 Å². The van der Waals surface area contributed by atoms with Crippen LogP contribution in [0.4, 0.5) is 13.2 Å². The van der Waals surface area contributed by atoms with Gasteiger partial charge >= 0.3 is 12.1 Å². The number of aromatic nitrogens is 2. The van der Waals surface area contributed by atoms with E-state index in [2.05, 4.69) is 9.94 Å². The van der Waals surface area contributed by atoms with Crippen molar-refractivity contribution in [3.63, 3.8) is 0 Å². The van der Waals surface area contributed by atoms with Crippen LogP contribution in [0.1, 0.15) is 36.9 Å². The highest BCUT2D eigenvalue weighted by atomic mass is 19.4. The molecule has 2 heterocycles. The highest BCUT2D eigenvalue weighted by Crippen LogP contribution is 2.28. The molecule has 1 aromatic carbocycles. The highest BCUT2D eigenvalue weighted by molar-refractivity contribution is 6.21. The normalized spacial score (nSPS) is 14.1. The van der Waals surface area contributed by atoms with E-state index in [9.17, 15) is 27.6 Å². The van der Waals surface area contributed by atoms with Crippen molar-refractivity contribution in [1.29, 1.82) is 0 Å². The van der Waals surface area contributed by atoms with Crippen LogP contribution in [0.15, 0.2) is 30.3 Å². The van der Waals surface area contributed by atoms with Crippen LogP contribution in [0.5, 0.6) is 0 Å². The van der Waals surface area contributed by atoms with E-state index in [0.717, 1.165) is 0 Å². The zero-order valence-corrected chi connectivity index (χ0v) is 11.0. The number of halogens is 3. The number of carbonyl (C=O) groups excluding carboxylic acids is 3. The van der Waals surface area contributed by atoms with Gasteiger partial charge < -0.3 is 4.84 Å². The van der Waals surface area contributed by atoms with Crippen LogP contribution < -0.4 is 0 Å². The van der Waals surface area contributed by atoms with Crippen molar-refractivity contribution in [1.82, 2.24) is 15.3 Å². The van der Waals surface area contributed by atoms with E-state index in [1.807, 2.05) is 0 Å². The Balaban J connectivity index is 1.81. The monoisotopic (exact) mass is 325 g/mol. The van der Waals surface area contributed by atoms with Crippen molar-refractivity contribution < 1.29 is 32.4 Å². The van der Waals surface area contributed by atoms with Crippen LogP contribution in [0, 0.1) is 0 Å². The second-order valence-electron chi connectivity index (χ2n) is 4.49. The molecule has 0 atom stereocenters. The summed E-state index contributed by atoms with van der Waals surface area (Å²) >= 11 is 0. The Labute approximate surface area is 125 Å². The maximum Gasteiger partial charge on any atom is 0.432 e. The van der Waals surface area contributed by atoms with Crippen LogP contribution in [0.25, 0.3) is 0 Å². The minimum atomic E-state index is -4.72. The summed E-state index contributed by atoms with van der Waals surface area (Å²) in [5.74, 6) is -3.14. The van der Waals surface area contributed by atoms with Gasteiger partial charge in [0.2, 0.25) is 0 Å². The number of amides is 2. The third-order valence-electron chi connectivity index (χ3n) is 3.02. The van der Waals surface area contributed by atoms with Gasteiger partial charge in [-0.1, -0.05) is 17.2 Å². The van der Waals surface area contributed by atoms with Gasteiger partial charge in [-0.15, -0.1) is 0 Å². The molecule has 2 amide bonds. The lowest BCUT2D eigenvalue weighted by Gasteiger charge is -2.11. The number of hydrogen-bond acceptors (Lipinski definition) is 5. The van der Waals surface area contributed by atoms with Gasteiger partial charge in [-0.05, 0) is 12.1 Å². The fourth-order valence-corrected chi connectivity index (χ4v) is 1.95. The third-order valence-corrected chi connectivity index (χ3v) is 3.02. The molecule has 1 aromatic heterocycles. The number of alkyl halides is 3. The maximum atomic E-state index is 12.4. The van der Waals surface area contributed by atoms with Crippen molar-refractivity contribution in [3.05, 3.63) is 52.8 Å². The van der Waals surface area contributed by atoms with Crippen LogP contribution in [-0.2, 0) is 11.0 Å². The Morgan fingerprint density at radius 3 is 2.17 bits per heavy atom. The first-order valence-corrected chi connectivity index (χ1v) is 6.12. The van der Waals surface area contributed by atoms with Gasteiger partial charge in [-0.3, -0.25) is 14.7 Å². The molecule has 1 aliphatic heterocycles. The minimum Gasteiger partial charge on any atom is -0.322 e. The van der Waals surface area contributed by atoms with E-state index in [1.54, 1.807) is 5.10 Å². The highest BCUT2D eigenvalue weighted by Gasteiger charge is 2.40. The fraction of sp³-hybridized carbons (Fsp3) is 0.0769. The Kier molecular flexibility index (Phi) is 3.17.